The monoisotopic (exact) mass is 262 g/mol. The molecule has 104 valence electrons. The summed E-state index contributed by atoms with van der Waals surface area (Å²) >= 11 is 0. The normalized spacial score (nSPS) is 12.1. The Balaban J connectivity index is 2.59. The van der Waals surface area contributed by atoms with Crippen molar-refractivity contribution in [3.63, 3.8) is 0 Å². The molecule has 0 aliphatic carbocycles. The summed E-state index contributed by atoms with van der Waals surface area (Å²) in [5, 5.41) is 5.21. The topological polar surface area (TPSA) is 58.2 Å². The SMILES string of the molecule is CCC(C)NC(=O)C(=O)Nc1ccc(C(C)C)cc1. The van der Waals surface area contributed by atoms with E-state index in [1.807, 2.05) is 38.1 Å². The average molecular weight is 262 g/mol. The summed E-state index contributed by atoms with van der Waals surface area (Å²) in [6, 6.07) is 7.52. The van der Waals surface area contributed by atoms with Crippen molar-refractivity contribution in [2.75, 3.05) is 5.32 Å². The van der Waals surface area contributed by atoms with Crippen LogP contribution in [0.25, 0.3) is 0 Å². The second kappa shape index (κ2) is 6.92. The molecule has 1 unspecified atom stereocenters. The molecule has 2 amide bonds. The van der Waals surface area contributed by atoms with Crippen molar-refractivity contribution in [2.24, 2.45) is 0 Å². The Morgan fingerprint density at radius 2 is 1.63 bits per heavy atom. The lowest BCUT2D eigenvalue weighted by molar-refractivity contribution is -0.136. The standard InChI is InChI=1S/C15H22N2O2/c1-5-11(4)16-14(18)15(19)17-13-8-6-12(7-9-13)10(2)3/h6-11H,5H2,1-4H3,(H,16,18)(H,17,19). The lowest BCUT2D eigenvalue weighted by atomic mass is 10.0. The summed E-state index contributed by atoms with van der Waals surface area (Å²) in [6.45, 7) is 8.02. The third-order valence-corrected chi connectivity index (χ3v) is 3.03. The first-order valence-electron chi connectivity index (χ1n) is 6.65. The van der Waals surface area contributed by atoms with Gasteiger partial charge in [-0.2, -0.15) is 0 Å². The maximum Gasteiger partial charge on any atom is 0.313 e. The van der Waals surface area contributed by atoms with Crippen LogP contribution < -0.4 is 10.6 Å². The lowest BCUT2D eigenvalue weighted by Crippen LogP contribution is -2.40. The van der Waals surface area contributed by atoms with Gasteiger partial charge in [0.15, 0.2) is 0 Å². The van der Waals surface area contributed by atoms with Crippen LogP contribution in [-0.2, 0) is 9.59 Å². The zero-order valence-electron chi connectivity index (χ0n) is 12.0. The van der Waals surface area contributed by atoms with Crippen molar-refractivity contribution in [2.45, 2.75) is 46.1 Å². The second-order valence-corrected chi connectivity index (χ2v) is 5.01. The molecule has 0 aliphatic heterocycles. The van der Waals surface area contributed by atoms with E-state index in [-0.39, 0.29) is 6.04 Å². The fraction of sp³-hybridized carbons (Fsp3) is 0.467. The second-order valence-electron chi connectivity index (χ2n) is 5.01. The van der Waals surface area contributed by atoms with Gasteiger partial charge in [-0.15, -0.1) is 0 Å². The molecule has 0 fully saturated rings. The van der Waals surface area contributed by atoms with Gasteiger partial charge in [0.25, 0.3) is 0 Å². The van der Waals surface area contributed by atoms with Gasteiger partial charge in [0.05, 0.1) is 0 Å². The minimum Gasteiger partial charge on any atom is -0.345 e. The van der Waals surface area contributed by atoms with Crippen molar-refractivity contribution >= 4 is 17.5 Å². The van der Waals surface area contributed by atoms with E-state index >= 15 is 0 Å². The van der Waals surface area contributed by atoms with Crippen LogP contribution in [0.4, 0.5) is 5.69 Å². The zero-order chi connectivity index (χ0) is 14.4. The molecule has 1 aromatic carbocycles. The van der Waals surface area contributed by atoms with Gasteiger partial charge < -0.3 is 10.6 Å². The number of nitrogens with one attached hydrogen (secondary N) is 2. The summed E-state index contributed by atoms with van der Waals surface area (Å²) in [5.74, 6) is -0.779. The first-order chi connectivity index (χ1) is 8.93. The van der Waals surface area contributed by atoms with Gasteiger partial charge in [-0.05, 0) is 37.0 Å². The van der Waals surface area contributed by atoms with Gasteiger partial charge in [0.1, 0.15) is 0 Å². The zero-order valence-corrected chi connectivity index (χ0v) is 12.0. The number of anilines is 1. The lowest BCUT2D eigenvalue weighted by Gasteiger charge is -2.11. The van der Waals surface area contributed by atoms with Crippen molar-refractivity contribution in [1.29, 1.82) is 0 Å². The van der Waals surface area contributed by atoms with Crippen LogP contribution in [0.2, 0.25) is 0 Å². The highest BCUT2D eigenvalue weighted by Crippen LogP contribution is 2.16. The molecule has 1 rings (SSSR count). The molecule has 1 atom stereocenters. The van der Waals surface area contributed by atoms with Crippen molar-refractivity contribution in [3.8, 4) is 0 Å². The van der Waals surface area contributed by atoms with Crippen molar-refractivity contribution in [3.05, 3.63) is 29.8 Å². The maximum atomic E-state index is 11.7. The Labute approximate surface area is 114 Å². The summed E-state index contributed by atoms with van der Waals surface area (Å²) in [5.41, 5.74) is 1.83. The molecule has 0 spiro atoms. The fourth-order valence-electron chi connectivity index (χ4n) is 1.53. The Morgan fingerprint density at radius 1 is 1.05 bits per heavy atom. The van der Waals surface area contributed by atoms with Gasteiger partial charge in [-0.1, -0.05) is 32.9 Å². The van der Waals surface area contributed by atoms with E-state index in [4.69, 9.17) is 0 Å². The number of carbonyl (C=O) groups excluding carboxylic acids is 2. The largest absolute Gasteiger partial charge is 0.345 e. The van der Waals surface area contributed by atoms with Crippen molar-refractivity contribution < 1.29 is 9.59 Å². The molecule has 0 bridgehead atoms. The van der Waals surface area contributed by atoms with Crippen LogP contribution in [0.1, 0.15) is 45.6 Å². The van der Waals surface area contributed by atoms with Crippen LogP contribution in [0.5, 0.6) is 0 Å². The van der Waals surface area contributed by atoms with E-state index in [2.05, 4.69) is 24.5 Å². The molecule has 4 nitrogen and oxygen atoms in total. The van der Waals surface area contributed by atoms with Gasteiger partial charge in [0, 0.05) is 11.7 Å². The van der Waals surface area contributed by atoms with Gasteiger partial charge in [-0.25, -0.2) is 0 Å². The molecule has 2 N–H and O–H groups in total. The van der Waals surface area contributed by atoms with Crippen LogP contribution in [0.15, 0.2) is 24.3 Å². The highest BCUT2D eigenvalue weighted by Gasteiger charge is 2.15. The fourth-order valence-corrected chi connectivity index (χ4v) is 1.53. The Morgan fingerprint density at radius 3 is 2.11 bits per heavy atom. The summed E-state index contributed by atoms with van der Waals surface area (Å²) in [7, 11) is 0. The third-order valence-electron chi connectivity index (χ3n) is 3.03. The van der Waals surface area contributed by atoms with E-state index in [1.165, 1.54) is 5.56 Å². The molecular formula is C15H22N2O2. The van der Waals surface area contributed by atoms with Gasteiger partial charge >= 0.3 is 11.8 Å². The Hall–Kier alpha value is -1.84. The Kier molecular flexibility index (Phi) is 5.55. The number of carbonyl (C=O) groups is 2. The smallest absolute Gasteiger partial charge is 0.313 e. The molecule has 0 aromatic heterocycles. The minimum absolute atomic E-state index is 0.00145. The van der Waals surface area contributed by atoms with E-state index < -0.39 is 11.8 Å². The van der Waals surface area contributed by atoms with Crippen molar-refractivity contribution in [1.82, 2.24) is 5.32 Å². The van der Waals surface area contributed by atoms with E-state index in [0.717, 1.165) is 6.42 Å². The van der Waals surface area contributed by atoms with E-state index in [9.17, 15) is 9.59 Å². The van der Waals surface area contributed by atoms with Crippen LogP contribution in [0, 0.1) is 0 Å². The molecule has 19 heavy (non-hydrogen) atoms. The highest BCUT2D eigenvalue weighted by molar-refractivity contribution is 6.39. The third kappa shape index (κ3) is 4.73. The molecular weight excluding hydrogens is 240 g/mol. The predicted octanol–water partition coefficient (Wildman–Crippen LogP) is 2.66. The number of amides is 2. The van der Waals surface area contributed by atoms with E-state index in [1.54, 1.807) is 0 Å². The molecule has 4 heteroatoms. The molecule has 0 radical (unpaired) electrons. The molecule has 1 aromatic rings. The summed E-state index contributed by atoms with van der Waals surface area (Å²) in [6.07, 6.45) is 0.794. The predicted molar refractivity (Wildman–Crippen MR) is 77.1 cm³/mol. The van der Waals surface area contributed by atoms with Crippen LogP contribution in [0.3, 0.4) is 0 Å². The summed E-state index contributed by atoms with van der Waals surface area (Å²) < 4.78 is 0. The summed E-state index contributed by atoms with van der Waals surface area (Å²) in [4.78, 5) is 23.2. The molecule has 0 saturated heterocycles. The van der Waals surface area contributed by atoms with Crippen LogP contribution in [-0.4, -0.2) is 17.9 Å². The average Bonchev–Trinajstić information content (AvgIpc) is 2.38. The quantitative estimate of drug-likeness (QED) is 0.820. The Bertz CT molecular complexity index is 438. The van der Waals surface area contributed by atoms with Crippen LogP contribution >= 0.6 is 0 Å². The molecule has 0 aliphatic rings. The molecule has 0 heterocycles. The first-order valence-corrected chi connectivity index (χ1v) is 6.65. The maximum absolute atomic E-state index is 11.7. The molecule has 0 saturated carbocycles. The van der Waals surface area contributed by atoms with E-state index in [0.29, 0.717) is 11.6 Å². The highest BCUT2D eigenvalue weighted by atomic mass is 16.2. The van der Waals surface area contributed by atoms with Gasteiger partial charge in [-0.3, -0.25) is 9.59 Å². The minimum atomic E-state index is -0.627. The number of hydrogen-bond donors (Lipinski definition) is 2. The van der Waals surface area contributed by atoms with Gasteiger partial charge in [0.2, 0.25) is 0 Å². The number of hydrogen-bond acceptors (Lipinski definition) is 2. The first kappa shape index (κ1) is 15.2. The number of rotatable bonds is 4. The number of benzene rings is 1.